The highest BCUT2D eigenvalue weighted by molar-refractivity contribution is 9.11. The number of esters is 2. The van der Waals surface area contributed by atoms with E-state index in [9.17, 15) is 9.59 Å². The average Bonchev–Trinajstić information content (AvgIpc) is 2.98. The summed E-state index contributed by atoms with van der Waals surface area (Å²) < 4.78 is 18.5. The van der Waals surface area contributed by atoms with Crippen LogP contribution in [-0.2, 0) is 19.1 Å². The van der Waals surface area contributed by atoms with Crippen molar-refractivity contribution in [2.45, 2.75) is 33.6 Å². The molecule has 11 heteroatoms. The number of pyridine rings is 1. The average molecular weight is 716 g/mol. The third-order valence-corrected chi connectivity index (χ3v) is 8.21. The molecule has 2 aliphatic rings. The molecule has 0 saturated carbocycles. The van der Waals surface area contributed by atoms with Crippen molar-refractivity contribution < 1.29 is 23.8 Å². The number of rotatable bonds is 9. The van der Waals surface area contributed by atoms with Crippen LogP contribution in [0, 0.1) is 11.8 Å². The maximum Gasteiger partial charge on any atom is 0.336 e. The predicted molar refractivity (Wildman–Crippen MR) is 173 cm³/mol. The minimum absolute atomic E-state index is 0.126. The number of carbonyl (C=O) groups is 2. The summed E-state index contributed by atoms with van der Waals surface area (Å²) in [4.78, 5) is 35.6. The Morgan fingerprint density at radius 3 is 2.21 bits per heavy atom. The minimum Gasteiger partial charge on any atom is -0.479 e. The van der Waals surface area contributed by atoms with Crippen LogP contribution < -0.4 is 15.0 Å². The molecule has 2 aromatic rings. The molecular weight excluding hydrogens is 680 g/mol. The van der Waals surface area contributed by atoms with Gasteiger partial charge in [-0.05, 0) is 67.9 Å². The summed E-state index contributed by atoms with van der Waals surface area (Å²) >= 11 is 7.19. The molecule has 4 rings (SSSR count). The standard InChI is InChI=1S/C32H36Br2N4O5/c1-5-41-31(39)27-21(3)36-22(4)28(32(40)42-6-2)29(27)24-19-23(33)20-25(34)30(24)43-18-10-9-13-37-14-16-38(17-15-37)26-11-7-8-12-35-26/h7-8,11-12,19-20,29,36H,5-6,13-18H2,1-4H3. The summed E-state index contributed by atoms with van der Waals surface area (Å²) in [5.74, 6) is 6.02. The zero-order chi connectivity index (χ0) is 30.9. The Bertz CT molecular complexity index is 1420. The molecule has 0 unspecified atom stereocenters. The second-order valence-corrected chi connectivity index (χ2v) is 11.7. The maximum atomic E-state index is 13.3. The zero-order valence-corrected chi connectivity index (χ0v) is 28.0. The van der Waals surface area contributed by atoms with Gasteiger partial charge in [0.25, 0.3) is 0 Å². The van der Waals surface area contributed by atoms with Crippen molar-refractivity contribution in [3.63, 3.8) is 0 Å². The predicted octanol–water partition coefficient (Wildman–Crippen LogP) is 5.17. The third kappa shape index (κ3) is 7.99. The zero-order valence-electron chi connectivity index (χ0n) is 24.8. The highest BCUT2D eigenvalue weighted by Gasteiger charge is 2.40. The van der Waals surface area contributed by atoms with E-state index < -0.39 is 17.9 Å². The molecule has 1 N–H and O–H groups in total. The summed E-state index contributed by atoms with van der Waals surface area (Å²) in [6.07, 6.45) is 1.82. The number of hydrogen-bond donors (Lipinski definition) is 1. The van der Waals surface area contributed by atoms with Crippen molar-refractivity contribution in [3.8, 4) is 17.6 Å². The largest absolute Gasteiger partial charge is 0.479 e. The number of aromatic nitrogens is 1. The van der Waals surface area contributed by atoms with Gasteiger partial charge in [0.05, 0.1) is 41.3 Å². The van der Waals surface area contributed by atoms with Crippen LogP contribution in [0.3, 0.4) is 0 Å². The fourth-order valence-corrected chi connectivity index (χ4v) is 6.59. The Balaban J connectivity index is 1.54. The smallest absolute Gasteiger partial charge is 0.336 e. The van der Waals surface area contributed by atoms with Crippen LogP contribution in [0.15, 0.2) is 68.0 Å². The van der Waals surface area contributed by atoms with Gasteiger partial charge in [-0.3, -0.25) is 4.90 Å². The summed E-state index contributed by atoms with van der Waals surface area (Å²) in [5.41, 5.74) is 2.44. The monoisotopic (exact) mass is 714 g/mol. The molecule has 2 aliphatic heterocycles. The molecule has 1 saturated heterocycles. The van der Waals surface area contributed by atoms with Crippen LogP contribution in [0.1, 0.15) is 39.2 Å². The minimum atomic E-state index is -0.786. The number of dihydropyridines is 1. The number of nitrogens with zero attached hydrogens (tertiary/aromatic N) is 3. The first kappa shape index (κ1) is 32.6. The van der Waals surface area contributed by atoms with E-state index in [1.165, 1.54) is 0 Å². The van der Waals surface area contributed by atoms with Crippen LogP contribution in [0.25, 0.3) is 0 Å². The van der Waals surface area contributed by atoms with Gasteiger partial charge in [-0.15, -0.1) is 0 Å². The second kappa shape index (κ2) is 15.4. The lowest BCUT2D eigenvalue weighted by molar-refractivity contribution is -0.139. The number of carbonyl (C=O) groups excluding carboxylic acids is 2. The Morgan fingerprint density at radius 1 is 0.977 bits per heavy atom. The van der Waals surface area contributed by atoms with E-state index in [4.69, 9.17) is 14.2 Å². The van der Waals surface area contributed by atoms with Gasteiger partial charge in [0.2, 0.25) is 0 Å². The van der Waals surface area contributed by atoms with Gasteiger partial charge in [0.15, 0.2) is 0 Å². The molecule has 0 aliphatic carbocycles. The summed E-state index contributed by atoms with van der Waals surface area (Å²) in [6.45, 7) is 11.8. The van der Waals surface area contributed by atoms with Crippen LogP contribution in [-0.4, -0.2) is 74.4 Å². The van der Waals surface area contributed by atoms with Gasteiger partial charge in [-0.2, -0.15) is 0 Å². The van der Waals surface area contributed by atoms with Crippen LogP contribution in [0.5, 0.6) is 5.75 Å². The summed E-state index contributed by atoms with van der Waals surface area (Å²) in [7, 11) is 0. The van der Waals surface area contributed by atoms with Gasteiger partial charge in [-0.1, -0.05) is 33.8 Å². The molecule has 43 heavy (non-hydrogen) atoms. The number of nitrogens with one attached hydrogen (secondary N) is 1. The van der Waals surface area contributed by atoms with Crippen molar-refractivity contribution in [1.29, 1.82) is 0 Å². The first-order valence-corrected chi connectivity index (χ1v) is 15.8. The normalized spacial score (nSPS) is 15.9. The molecule has 0 bridgehead atoms. The van der Waals surface area contributed by atoms with E-state index in [1.54, 1.807) is 27.7 Å². The first-order chi connectivity index (χ1) is 20.7. The van der Waals surface area contributed by atoms with E-state index in [0.717, 1.165) is 36.5 Å². The number of anilines is 1. The number of hydrogen-bond acceptors (Lipinski definition) is 9. The fourth-order valence-electron chi connectivity index (χ4n) is 5.21. The van der Waals surface area contributed by atoms with Crippen LogP contribution >= 0.6 is 31.9 Å². The van der Waals surface area contributed by atoms with Gasteiger partial charge in [0.1, 0.15) is 18.2 Å². The number of allylic oxidation sites excluding steroid dienone is 2. The molecule has 228 valence electrons. The SMILES string of the molecule is CCOC(=O)C1=C(C)NC(C)=C(C(=O)OCC)C1c1cc(Br)cc(Br)c1OCC#CCN1CCN(c2ccccn2)CC1. The third-order valence-electron chi connectivity index (χ3n) is 7.16. The van der Waals surface area contributed by atoms with E-state index >= 15 is 0 Å². The van der Waals surface area contributed by atoms with Crippen molar-refractivity contribution in [2.24, 2.45) is 0 Å². The van der Waals surface area contributed by atoms with Crippen LogP contribution in [0.4, 0.5) is 5.82 Å². The Hall–Kier alpha value is -3.33. The maximum absolute atomic E-state index is 13.3. The number of benzene rings is 1. The molecule has 1 fully saturated rings. The van der Waals surface area contributed by atoms with E-state index in [2.05, 4.69) is 63.8 Å². The van der Waals surface area contributed by atoms with E-state index in [-0.39, 0.29) is 19.8 Å². The fraction of sp³-hybridized carbons (Fsp3) is 0.406. The van der Waals surface area contributed by atoms with Crippen molar-refractivity contribution in [1.82, 2.24) is 15.2 Å². The number of halogens is 2. The van der Waals surface area contributed by atoms with Crippen LogP contribution in [0.2, 0.25) is 0 Å². The lowest BCUT2D eigenvalue weighted by Gasteiger charge is -2.34. The molecule has 9 nitrogen and oxygen atoms in total. The topological polar surface area (TPSA) is 93.2 Å². The van der Waals surface area contributed by atoms with Crippen molar-refractivity contribution in [2.75, 3.05) is 57.4 Å². The van der Waals surface area contributed by atoms with Gasteiger partial charge >= 0.3 is 11.9 Å². The second-order valence-electron chi connectivity index (χ2n) is 9.98. The highest BCUT2D eigenvalue weighted by atomic mass is 79.9. The van der Waals surface area contributed by atoms with E-state index in [0.29, 0.717) is 44.9 Å². The van der Waals surface area contributed by atoms with Gasteiger partial charge in [0, 0.05) is 53.8 Å². The lowest BCUT2D eigenvalue weighted by Crippen LogP contribution is -2.46. The molecule has 3 heterocycles. The summed E-state index contributed by atoms with van der Waals surface area (Å²) in [6, 6.07) is 9.67. The molecule has 1 aromatic heterocycles. The number of piperazine rings is 1. The highest BCUT2D eigenvalue weighted by Crippen LogP contribution is 2.46. The van der Waals surface area contributed by atoms with Crippen molar-refractivity contribution in [3.05, 3.63) is 73.6 Å². The molecule has 0 atom stereocenters. The Morgan fingerprint density at radius 2 is 1.63 bits per heavy atom. The first-order valence-electron chi connectivity index (χ1n) is 14.2. The molecule has 0 radical (unpaired) electrons. The molecule has 0 spiro atoms. The lowest BCUT2D eigenvalue weighted by atomic mass is 9.80. The van der Waals surface area contributed by atoms with Gasteiger partial charge < -0.3 is 24.4 Å². The van der Waals surface area contributed by atoms with Gasteiger partial charge in [-0.25, -0.2) is 14.6 Å². The molecular formula is C32H36Br2N4O5. The molecule has 0 amide bonds. The number of ether oxygens (including phenoxy) is 3. The Kier molecular flexibility index (Phi) is 11.7. The molecule has 1 aromatic carbocycles. The quantitative estimate of drug-likeness (QED) is 0.279. The van der Waals surface area contributed by atoms with E-state index in [1.807, 2.05) is 36.5 Å². The summed E-state index contributed by atoms with van der Waals surface area (Å²) in [5, 5.41) is 3.17. The van der Waals surface area contributed by atoms with Crippen molar-refractivity contribution >= 4 is 49.6 Å². The Labute approximate surface area is 269 Å².